The predicted octanol–water partition coefficient (Wildman–Crippen LogP) is 3.07. The number of nitrogens with zero attached hydrogens (tertiary/aromatic N) is 1. The summed E-state index contributed by atoms with van der Waals surface area (Å²) < 4.78 is 54.0. The van der Waals surface area contributed by atoms with Gasteiger partial charge in [0.2, 0.25) is 0 Å². The maximum Gasteiger partial charge on any atom is 0.186 e. The van der Waals surface area contributed by atoms with Gasteiger partial charge in [0.1, 0.15) is 11.3 Å². The summed E-state index contributed by atoms with van der Waals surface area (Å²) in [6.07, 6.45) is 4.80. The quantitative estimate of drug-likeness (QED) is 0.449. The molecule has 5 heteroatoms. The van der Waals surface area contributed by atoms with E-state index in [1.54, 1.807) is 19.8 Å². The largest absolute Gasteiger partial charge is 0.367 e. The molecule has 0 saturated carbocycles. The van der Waals surface area contributed by atoms with Gasteiger partial charge in [0, 0.05) is 13.1 Å². The third-order valence-corrected chi connectivity index (χ3v) is 2.46. The van der Waals surface area contributed by atoms with E-state index in [1.807, 2.05) is 0 Å². The van der Waals surface area contributed by atoms with Gasteiger partial charge in [-0.1, -0.05) is 5.92 Å². The van der Waals surface area contributed by atoms with Gasteiger partial charge in [-0.15, -0.1) is 6.42 Å². The lowest BCUT2D eigenvalue weighted by Crippen LogP contribution is -2.25. The maximum absolute atomic E-state index is 13.6. The molecule has 0 aliphatic heterocycles. The first-order chi connectivity index (χ1) is 7.99. The van der Waals surface area contributed by atoms with Crippen molar-refractivity contribution in [3.63, 3.8) is 0 Å². The van der Waals surface area contributed by atoms with E-state index in [2.05, 4.69) is 0 Å². The Morgan fingerprint density at radius 1 is 0.941 bits per heavy atom. The average Bonchev–Trinajstić information content (AvgIpc) is 2.33. The number of anilines is 1. The topological polar surface area (TPSA) is 3.24 Å². The number of benzene rings is 1. The molecular formula is C12H11F4N. The minimum absolute atomic E-state index is 0.221. The van der Waals surface area contributed by atoms with E-state index >= 15 is 0 Å². The van der Waals surface area contributed by atoms with Crippen LogP contribution in [0.2, 0.25) is 0 Å². The van der Waals surface area contributed by atoms with E-state index in [9.17, 15) is 17.6 Å². The zero-order valence-electron chi connectivity index (χ0n) is 9.45. The van der Waals surface area contributed by atoms with Crippen molar-refractivity contribution in [1.82, 2.24) is 0 Å². The molecular weight excluding hydrogens is 234 g/mol. The van der Waals surface area contributed by atoms with Crippen molar-refractivity contribution in [3.8, 4) is 12.3 Å². The lowest BCUT2D eigenvalue weighted by Gasteiger charge is -2.22. The summed E-state index contributed by atoms with van der Waals surface area (Å²) in [5.74, 6) is -4.38. The first-order valence-corrected chi connectivity index (χ1v) is 5.06. The molecule has 92 valence electrons. The second-order valence-electron chi connectivity index (χ2n) is 3.30. The smallest absolute Gasteiger partial charge is 0.186 e. The van der Waals surface area contributed by atoms with E-state index in [-0.39, 0.29) is 13.1 Å². The molecule has 0 atom stereocenters. The van der Waals surface area contributed by atoms with Gasteiger partial charge in [0.05, 0.1) is 0 Å². The normalized spacial score (nSPS) is 10.2. The lowest BCUT2D eigenvalue weighted by molar-refractivity contribution is 0.449. The van der Waals surface area contributed by atoms with E-state index in [1.165, 1.54) is 4.90 Å². The van der Waals surface area contributed by atoms with Gasteiger partial charge in [-0.2, -0.15) is 0 Å². The van der Waals surface area contributed by atoms with Crippen LogP contribution in [0.4, 0.5) is 23.2 Å². The van der Waals surface area contributed by atoms with Gasteiger partial charge in [-0.25, -0.2) is 17.6 Å². The van der Waals surface area contributed by atoms with Crippen LogP contribution in [0.25, 0.3) is 0 Å². The summed E-state index contributed by atoms with van der Waals surface area (Å²) in [4.78, 5) is 1.18. The van der Waals surface area contributed by atoms with Crippen LogP contribution in [-0.4, -0.2) is 13.1 Å². The fourth-order valence-corrected chi connectivity index (χ4v) is 1.56. The standard InChI is InChI=1S/C12H11F4N/c1-4-7-8(13)10(15)12(11(16)9(7)14)17(5-2)6-3/h1H,5-6H2,2-3H3. The van der Waals surface area contributed by atoms with Gasteiger partial charge in [-0.3, -0.25) is 0 Å². The van der Waals surface area contributed by atoms with Gasteiger partial charge in [-0.05, 0) is 13.8 Å². The van der Waals surface area contributed by atoms with Crippen LogP contribution < -0.4 is 4.90 Å². The Hall–Kier alpha value is -1.70. The summed E-state index contributed by atoms with van der Waals surface area (Å²) in [6.45, 7) is 3.68. The van der Waals surface area contributed by atoms with Crippen LogP contribution in [0.1, 0.15) is 19.4 Å². The average molecular weight is 245 g/mol. The van der Waals surface area contributed by atoms with Crippen LogP contribution in [0.15, 0.2) is 0 Å². The summed E-state index contributed by atoms with van der Waals surface area (Å²) in [5.41, 5.74) is -1.74. The summed E-state index contributed by atoms with van der Waals surface area (Å²) in [7, 11) is 0. The molecule has 0 spiro atoms. The summed E-state index contributed by atoms with van der Waals surface area (Å²) >= 11 is 0. The molecule has 0 unspecified atom stereocenters. The first kappa shape index (κ1) is 13.4. The van der Waals surface area contributed by atoms with Gasteiger partial charge >= 0.3 is 0 Å². The van der Waals surface area contributed by atoms with E-state index in [4.69, 9.17) is 6.42 Å². The highest BCUT2D eigenvalue weighted by atomic mass is 19.2. The van der Waals surface area contributed by atoms with Crippen molar-refractivity contribution in [2.45, 2.75) is 13.8 Å². The molecule has 1 nitrogen and oxygen atoms in total. The fraction of sp³-hybridized carbons (Fsp3) is 0.333. The first-order valence-electron chi connectivity index (χ1n) is 5.06. The molecule has 0 heterocycles. The molecule has 0 aromatic heterocycles. The Labute approximate surface area is 97.0 Å². The van der Waals surface area contributed by atoms with E-state index < -0.39 is 34.5 Å². The maximum atomic E-state index is 13.6. The zero-order chi connectivity index (χ0) is 13.2. The zero-order valence-corrected chi connectivity index (χ0v) is 9.45. The van der Waals surface area contributed by atoms with Crippen molar-refractivity contribution in [2.24, 2.45) is 0 Å². The molecule has 0 radical (unpaired) electrons. The molecule has 1 rings (SSSR count). The fourth-order valence-electron chi connectivity index (χ4n) is 1.56. The van der Waals surface area contributed by atoms with E-state index in [0.29, 0.717) is 0 Å². The second-order valence-corrected chi connectivity index (χ2v) is 3.30. The monoisotopic (exact) mass is 245 g/mol. The van der Waals surface area contributed by atoms with Crippen LogP contribution >= 0.6 is 0 Å². The van der Waals surface area contributed by atoms with Crippen molar-refractivity contribution in [2.75, 3.05) is 18.0 Å². The highest BCUT2D eigenvalue weighted by Crippen LogP contribution is 2.30. The Bertz CT molecular complexity index is 443. The Balaban J connectivity index is 3.59. The number of rotatable bonds is 3. The number of terminal acetylenes is 1. The molecule has 0 saturated heterocycles. The molecule has 0 aliphatic rings. The van der Waals surface area contributed by atoms with Crippen LogP contribution in [-0.2, 0) is 0 Å². The molecule has 1 aromatic carbocycles. The molecule has 0 amide bonds. The molecule has 1 aromatic rings. The Morgan fingerprint density at radius 2 is 1.35 bits per heavy atom. The summed E-state index contributed by atoms with van der Waals surface area (Å²) in [6, 6.07) is 0. The highest BCUT2D eigenvalue weighted by Gasteiger charge is 2.26. The lowest BCUT2D eigenvalue weighted by atomic mass is 10.1. The second kappa shape index (κ2) is 5.09. The molecule has 0 aliphatic carbocycles. The Kier molecular flexibility index (Phi) is 4.00. The van der Waals surface area contributed by atoms with Crippen molar-refractivity contribution in [1.29, 1.82) is 0 Å². The minimum atomic E-state index is -1.53. The highest BCUT2D eigenvalue weighted by molar-refractivity contribution is 5.54. The molecule has 0 fully saturated rings. The van der Waals surface area contributed by atoms with Gasteiger partial charge in [0.15, 0.2) is 23.3 Å². The van der Waals surface area contributed by atoms with Gasteiger partial charge in [0.25, 0.3) is 0 Å². The third kappa shape index (κ3) is 2.07. The van der Waals surface area contributed by atoms with Crippen molar-refractivity contribution >= 4 is 5.69 Å². The minimum Gasteiger partial charge on any atom is -0.367 e. The number of hydrogen-bond donors (Lipinski definition) is 0. The van der Waals surface area contributed by atoms with Crippen LogP contribution in [0.3, 0.4) is 0 Å². The molecule has 0 N–H and O–H groups in total. The number of halogens is 4. The van der Waals surface area contributed by atoms with Crippen molar-refractivity contribution in [3.05, 3.63) is 28.8 Å². The van der Waals surface area contributed by atoms with Gasteiger partial charge < -0.3 is 4.90 Å². The number of hydrogen-bond acceptors (Lipinski definition) is 1. The van der Waals surface area contributed by atoms with E-state index in [0.717, 1.165) is 0 Å². The summed E-state index contributed by atoms with van der Waals surface area (Å²) in [5, 5.41) is 0. The SMILES string of the molecule is C#Cc1c(F)c(F)c(N(CC)CC)c(F)c1F. The van der Waals surface area contributed by atoms with Crippen LogP contribution in [0.5, 0.6) is 0 Å². The van der Waals surface area contributed by atoms with Crippen molar-refractivity contribution < 1.29 is 17.6 Å². The molecule has 17 heavy (non-hydrogen) atoms. The third-order valence-electron chi connectivity index (χ3n) is 2.46. The predicted molar refractivity (Wildman–Crippen MR) is 57.8 cm³/mol. The van der Waals surface area contributed by atoms with Crippen LogP contribution in [0, 0.1) is 35.6 Å². The molecule has 0 bridgehead atoms. The Morgan fingerprint density at radius 3 is 1.65 bits per heavy atom.